The fourth-order valence-corrected chi connectivity index (χ4v) is 5.96. The van der Waals surface area contributed by atoms with Crippen LogP contribution >= 0.6 is 0 Å². The van der Waals surface area contributed by atoms with Gasteiger partial charge in [-0.25, -0.2) is 13.4 Å². The van der Waals surface area contributed by atoms with Gasteiger partial charge in [0.2, 0.25) is 15.6 Å². The van der Waals surface area contributed by atoms with Crippen LogP contribution in [0.2, 0.25) is 0 Å². The van der Waals surface area contributed by atoms with E-state index < -0.39 is 15.2 Å². The van der Waals surface area contributed by atoms with E-state index in [-0.39, 0.29) is 4.90 Å². The third-order valence-electron chi connectivity index (χ3n) is 6.50. The Kier molecular flexibility index (Phi) is 7.47. The molecule has 0 aliphatic rings. The van der Waals surface area contributed by atoms with Gasteiger partial charge in [-0.3, -0.25) is 5.10 Å². The molecule has 0 amide bonds. The molecule has 3 N–H and O–H groups in total. The van der Waals surface area contributed by atoms with Gasteiger partial charge in [-0.1, -0.05) is 17.7 Å². The second kappa shape index (κ2) is 11.1. The summed E-state index contributed by atoms with van der Waals surface area (Å²) in [6, 6.07) is 19.5. The van der Waals surface area contributed by atoms with Crippen LogP contribution in [-0.4, -0.2) is 49.9 Å². The number of aromatic nitrogens is 4. The molecule has 1 unspecified atom stereocenters. The zero-order valence-corrected chi connectivity index (χ0v) is 23.2. The highest BCUT2D eigenvalue weighted by atomic mass is 32.2. The molecular weight excluding hydrogens is 530 g/mol. The van der Waals surface area contributed by atoms with Crippen molar-refractivity contribution >= 4 is 15.5 Å². The molecule has 0 spiro atoms. The van der Waals surface area contributed by atoms with Crippen molar-refractivity contribution in [3.63, 3.8) is 0 Å². The van der Waals surface area contributed by atoms with E-state index in [2.05, 4.69) is 25.5 Å². The first-order chi connectivity index (χ1) is 19.3. The van der Waals surface area contributed by atoms with Gasteiger partial charge in [0.25, 0.3) is 0 Å². The van der Waals surface area contributed by atoms with Gasteiger partial charge in [-0.2, -0.15) is 5.10 Å². The van der Waals surface area contributed by atoms with Crippen molar-refractivity contribution in [1.82, 2.24) is 20.2 Å². The number of aromatic amines is 2. The second-order valence-electron chi connectivity index (χ2n) is 9.04. The highest BCUT2D eigenvalue weighted by Gasteiger charge is 2.30. The number of H-pyrrole nitrogens is 2. The van der Waals surface area contributed by atoms with Crippen molar-refractivity contribution < 1.29 is 22.6 Å². The molecule has 0 aliphatic heterocycles. The number of benzene rings is 3. The zero-order chi connectivity index (χ0) is 28.3. The van der Waals surface area contributed by atoms with Crippen molar-refractivity contribution in [1.29, 1.82) is 0 Å². The van der Waals surface area contributed by atoms with Crippen molar-refractivity contribution in [3.05, 3.63) is 90.4 Å². The average Bonchev–Trinajstić information content (AvgIpc) is 3.69. The summed E-state index contributed by atoms with van der Waals surface area (Å²) in [5, 5.41) is 8.93. The summed E-state index contributed by atoms with van der Waals surface area (Å²) < 4.78 is 44.4. The molecule has 0 saturated heterocycles. The molecule has 0 radical (unpaired) electrons. The van der Waals surface area contributed by atoms with E-state index >= 15 is 0 Å². The summed E-state index contributed by atoms with van der Waals surface area (Å²) in [6.45, 7) is 1.91. The first-order valence-electron chi connectivity index (χ1n) is 12.4. The number of nitrogens with zero attached hydrogens (tertiary/aromatic N) is 2. The standard InChI is InChI=1S/C29H29N5O5S/c1-18-5-11-23(12-6-18)40(35,36)29(33-22-9-7-19(8-10-22)28-31-17-32-34-28)21-13-24(30-16-21)20-14-25(37-2)27(39-4)26(15-20)38-3/h5-17,29-30,33H,1-4H3,(H,31,32,34). The minimum Gasteiger partial charge on any atom is -0.493 e. The van der Waals surface area contributed by atoms with E-state index in [9.17, 15) is 8.42 Å². The Morgan fingerprint density at radius 1 is 0.850 bits per heavy atom. The molecule has 11 heteroatoms. The van der Waals surface area contributed by atoms with E-state index in [4.69, 9.17) is 14.2 Å². The molecule has 2 aromatic heterocycles. The zero-order valence-electron chi connectivity index (χ0n) is 22.4. The van der Waals surface area contributed by atoms with E-state index in [0.29, 0.717) is 40.0 Å². The van der Waals surface area contributed by atoms with Gasteiger partial charge >= 0.3 is 0 Å². The second-order valence-corrected chi connectivity index (χ2v) is 11.1. The van der Waals surface area contributed by atoms with Crippen LogP contribution < -0.4 is 19.5 Å². The number of nitrogens with one attached hydrogen (secondary N) is 3. The van der Waals surface area contributed by atoms with Crippen molar-refractivity contribution in [2.75, 3.05) is 26.6 Å². The molecule has 0 bridgehead atoms. The average molecular weight is 560 g/mol. The van der Waals surface area contributed by atoms with Crippen molar-refractivity contribution in [2.45, 2.75) is 17.2 Å². The quantitative estimate of drug-likeness (QED) is 0.208. The van der Waals surface area contributed by atoms with Crippen LogP contribution in [0.25, 0.3) is 22.6 Å². The lowest BCUT2D eigenvalue weighted by Crippen LogP contribution is -2.21. The van der Waals surface area contributed by atoms with Crippen LogP contribution in [0.3, 0.4) is 0 Å². The predicted octanol–water partition coefficient (Wildman–Crippen LogP) is 5.39. The van der Waals surface area contributed by atoms with E-state index in [1.54, 1.807) is 75.0 Å². The molecule has 5 rings (SSSR count). The van der Waals surface area contributed by atoms with Gasteiger partial charge in [0.1, 0.15) is 6.33 Å². The molecule has 206 valence electrons. The van der Waals surface area contributed by atoms with E-state index in [1.807, 2.05) is 19.1 Å². The Morgan fingerprint density at radius 3 is 2.10 bits per heavy atom. The molecule has 1 atom stereocenters. The van der Waals surface area contributed by atoms with Crippen molar-refractivity contribution in [3.8, 4) is 39.9 Å². The Morgan fingerprint density at radius 2 is 1.52 bits per heavy atom. The summed E-state index contributed by atoms with van der Waals surface area (Å²) in [6.07, 6.45) is 3.19. The topological polar surface area (TPSA) is 131 Å². The van der Waals surface area contributed by atoms with Crippen LogP contribution in [-0.2, 0) is 9.84 Å². The maximum absolute atomic E-state index is 14.0. The van der Waals surface area contributed by atoms with Gasteiger partial charge in [-0.15, -0.1) is 0 Å². The monoisotopic (exact) mass is 559 g/mol. The number of sulfone groups is 1. The maximum atomic E-state index is 14.0. The lowest BCUT2D eigenvalue weighted by molar-refractivity contribution is 0.324. The number of ether oxygens (including phenoxy) is 3. The van der Waals surface area contributed by atoms with Crippen LogP contribution in [0.5, 0.6) is 17.2 Å². The molecule has 3 aromatic carbocycles. The number of anilines is 1. The van der Waals surface area contributed by atoms with Crippen molar-refractivity contribution in [2.24, 2.45) is 0 Å². The fraction of sp³-hybridized carbons (Fsp3) is 0.172. The number of methoxy groups -OCH3 is 3. The summed E-state index contributed by atoms with van der Waals surface area (Å²) in [5.41, 5.74) is 4.34. The molecule has 0 saturated carbocycles. The van der Waals surface area contributed by atoms with Gasteiger partial charge in [0.15, 0.2) is 22.7 Å². The molecule has 2 heterocycles. The van der Waals surface area contributed by atoms with Crippen LogP contribution in [0.15, 0.2) is 84.1 Å². The van der Waals surface area contributed by atoms with E-state index in [1.165, 1.54) is 13.4 Å². The SMILES string of the molecule is COc1cc(-c2cc(C(Nc3ccc(-c4nc[nH]n4)cc3)S(=O)(=O)c3ccc(C)cc3)c[nH]2)cc(OC)c1OC. The highest BCUT2D eigenvalue weighted by Crippen LogP contribution is 2.42. The number of aryl methyl sites for hydroxylation is 1. The normalized spacial score (nSPS) is 12.1. The minimum absolute atomic E-state index is 0.212. The highest BCUT2D eigenvalue weighted by molar-refractivity contribution is 7.91. The Labute approximate surface area is 232 Å². The lowest BCUT2D eigenvalue weighted by Gasteiger charge is -2.20. The molecule has 10 nitrogen and oxygen atoms in total. The third kappa shape index (κ3) is 5.23. The minimum atomic E-state index is -3.86. The fourth-order valence-electron chi connectivity index (χ4n) is 4.38. The molecule has 0 aliphatic carbocycles. The van der Waals surface area contributed by atoms with E-state index in [0.717, 1.165) is 16.7 Å². The Hall–Kier alpha value is -4.77. The maximum Gasteiger partial charge on any atom is 0.203 e. The molecule has 0 fully saturated rings. The Balaban J connectivity index is 1.55. The molecule has 40 heavy (non-hydrogen) atoms. The largest absolute Gasteiger partial charge is 0.493 e. The smallest absolute Gasteiger partial charge is 0.203 e. The third-order valence-corrected chi connectivity index (χ3v) is 8.44. The van der Waals surface area contributed by atoms with Gasteiger partial charge in [-0.05, 0) is 61.5 Å². The summed E-state index contributed by atoms with van der Waals surface area (Å²) in [4.78, 5) is 7.59. The summed E-state index contributed by atoms with van der Waals surface area (Å²) in [7, 11) is 0.770. The lowest BCUT2D eigenvalue weighted by atomic mass is 10.1. The molecule has 5 aromatic rings. The Bertz CT molecular complexity index is 1670. The van der Waals surface area contributed by atoms with Gasteiger partial charge in [0.05, 0.1) is 26.2 Å². The summed E-state index contributed by atoms with van der Waals surface area (Å²) in [5.74, 6) is 1.99. The summed E-state index contributed by atoms with van der Waals surface area (Å²) >= 11 is 0. The van der Waals surface area contributed by atoms with Gasteiger partial charge in [0, 0.05) is 34.3 Å². The number of rotatable bonds is 10. The van der Waals surface area contributed by atoms with Crippen LogP contribution in [0, 0.1) is 6.92 Å². The van der Waals surface area contributed by atoms with Crippen LogP contribution in [0.1, 0.15) is 16.5 Å². The predicted molar refractivity (Wildman–Crippen MR) is 152 cm³/mol. The molecular formula is C29H29N5O5S. The van der Waals surface area contributed by atoms with Crippen LogP contribution in [0.4, 0.5) is 5.69 Å². The first kappa shape index (κ1) is 26.8. The first-order valence-corrected chi connectivity index (χ1v) is 13.9. The number of hydrogen-bond acceptors (Lipinski definition) is 8. The number of hydrogen-bond donors (Lipinski definition) is 3. The van der Waals surface area contributed by atoms with Gasteiger partial charge < -0.3 is 24.5 Å².